The molecule has 2 N–H and O–H groups in total. The van der Waals surface area contributed by atoms with Crippen LogP contribution in [0.1, 0.15) is 11.1 Å². The van der Waals surface area contributed by atoms with E-state index in [1.54, 1.807) is 10.9 Å². The average Bonchev–Trinajstić information content (AvgIpc) is 2.64. The third kappa shape index (κ3) is 1.89. The van der Waals surface area contributed by atoms with E-state index in [4.69, 9.17) is 17.3 Å². The molecule has 78 valence electrons. The van der Waals surface area contributed by atoms with Crippen molar-refractivity contribution in [1.82, 2.24) is 9.78 Å². The summed E-state index contributed by atoms with van der Waals surface area (Å²) in [5, 5.41) is 4.90. The minimum atomic E-state index is 0.453. The molecule has 0 aliphatic rings. The third-order valence-corrected chi connectivity index (χ3v) is 2.54. The maximum atomic E-state index is 6.14. The molecule has 0 unspecified atom stereocenters. The van der Waals surface area contributed by atoms with Crippen LogP contribution >= 0.6 is 11.6 Å². The fraction of sp³-hybridized carbons (Fsp3) is 0.182. The van der Waals surface area contributed by atoms with E-state index in [1.807, 2.05) is 31.3 Å². The van der Waals surface area contributed by atoms with Crippen LogP contribution in [0.3, 0.4) is 0 Å². The quantitative estimate of drug-likeness (QED) is 0.846. The van der Waals surface area contributed by atoms with Crippen molar-refractivity contribution in [3.8, 4) is 5.69 Å². The van der Waals surface area contributed by atoms with Gasteiger partial charge in [0.15, 0.2) is 0 Å². The van der Waals surface area contributed by atoms with Gasteiger partial charge in [-0.2, -0.15) is 5.10 Å². The molecule has 2 aromatic rings. The largest absolute Gasteiger partial charge is 0.326 e. The van der Waals surface area contributed by atoms with Gasteiger partial charge in [0.1, 0.15) is 0 Å². The molecule has 0 radical (unpaired) electrons. The molecule has 1 aromatic heterocycles. The molecule has 3 nitrogen and oxygen atoms in total. The molecule has 0 saturated heterocycles. The van der Waals surface area contributed by atoms with Gasteiger partial charge < -0.3 is 5.73 Å². The first-order chi connectivity index (χ1) is 7.22. The van der Waals surface area contributed by atoms with E-state index in [0.717, 1.165) is 16.8 Å². The Morgan fingerprint density at radius 1 is 1.47 bits per heavy atom. The van der Waals surface area contributed by atoms with Gasteiger partial charge in [0.05, 0.1) is 16.9 Å². The Balaban J connectivity index is 2.60. The summed E-state index contributed by atoms with van der Waals surface area (Å²) < 4.78 is 1.76. The second kappa shape index (κ2) is 4.04. The zero-order chi connectivity index (χ0) is 10.8. The van der Waals surface area contributed by atoms with Crippen molar-refractivity contribution in [2.45, 2.75) is 13.5 Å². The van der Waals surface area contributed by atoms with E-state index in [-0.39, 0.29) is 0 Å². The summed E-state index contributed by atoms with van der Waals surface area (Å²) in [4.78, 5) is 0. The van der Waals surface area contributed by atoms with Gasteiger partial charge in [-0.3, -0.25) is 0 Å². The average molecular weight is 222 g/mol. The normalized spacial score (nSPS) is 10.6. The Morgan fingerprint density at radius 2 is 2.27 bits per heavy atom. The summed E-state index contributed by atoms with van der Waals surface area (Å²) in [5.41, 5.74) is 8.62. The van der Waals surface area contributed by atoms with Crippen LogP contribution in [0.2, 0.25) is 5.02 Å². The van der Waals surface area contributed by atoms with Crippen molar-refractivity contribution in [3.63, 3.8) is 0 Å². The molecule has 4 heteroatoms. The smallest absolute Gasteiger partial charge is 0.0876 e. The van der Waals surface area contributed by atoms with E-state index < -0.39 is 0 Å². The molecule has 2 rings (SSSR count). The van der Waals surface area contributed by atoms with Crippen LogP contribution in [-0.2, 0) is 6.54 Å². The molecule has 0 amide bonds. The third-order valence-electron chi connectivity index (χ3n) is 2.23. The lowest BCUT2D eigenvalue weighted by atomic mass is 10.2. The van der Waals surface area contributed by atoms with Gasteiger partial charge in [0.2, 0.25) is 0 Å². The number of rotatable bonds is 2. The lowest BCUT2D eigenvalue weighted by molar-refractivity contribution is 0.858. The van der Waals surface area contributed by atoms with Gasteiger partial charge in [0.25, 0.3) is 0 Å². The van der Waals surface area contributed by atoms with Crippen LogP contribution in [0.25, 0.3) is 5.69 Å². The zero-order valence-electron chi connectivity index (χ0n) is 8.44. The lowest BCUT2D eigenvalue weighted by Crippen LogP contribution is -2.05. The number of halogens is 1. The second-order valence-corrected chi connectivity index (χ2v) is 3.82. The summed E-state index contributed by atoms with van der Waals surface area (Å²) in [7, 11) is 0. The fourth-order valence-corrected chi connectivity index (χ4v) is 1.80. The van der Waals surface area contributed by atoms with Gasteiger partial charge in [-0.05, 0) is 24.1 Å². The second-order valence-electron chi connectivity index (χ2n) is 3.41. The monoisotopic (exact) mass is 221 g/mol. The number of benzene rings is 1. The SMILES string of the molecule is Cc1cnn(-c2c(Cl)cccc2CN)c1. The van der Waals surface area contributed by atoms with E-state index >= 15 is 0 Å². The van der Waals surface area contributed by atoms with Gasteiger partial charge >= 0.3 is 0 Å². The van der Waals surface area contributed by atoms with Crippen LogP contribution in [0.15, 0.2) is 30.6 Å². The first-order valence-electron chi connectivity index (χ1n) is 4.71. The molecular formula is C11H12ClN3. The van der Waals surface area contributed by atoms with Crippen molar-refractivity contribution in [1.29, 1.82) is 0 Å². The molecule has 0 atom stereocenters. The highest BCUT2D eigenvalue weighted by Gasteiger charge is 2.08. The maximum absolute atomic E-state index is 6.14. The minimum absolute atomic E-state index is 0.453. The molecule has 0 bridgehead atoms. The van der Waals surface area contributed by atoms with Crippen LogP contribution in [0, 0.1) is 6.92 Å². The Labute approximate surface area is 93.5 Å². The Bertz CT molecular complexity index is 476. The number of nitrogens with zero attached hydrogens (tertiary/aromatic N) is 2. The molecule has 0 aliphatic carbocycles. The molecular weight excluding hydrogens is 210 g/mol. The number of nitrogens with two attached hydrogens (primary N) is 1. The van der Waals surface area contributed by atoms with E-state index in [0.29, 0.717) is 11.6 Å². The number of para-hydroxylation sites is 1. The summed E-state index contributed by atoms with van der Waals surface area (Å²) in [6.07, 6.45) is 3.73. The van der Waals surface area contributed by atoms with Crippen molar-refractivity contribution in [2.75, 3.05) is 0 Å². The highest BCUT2D eigenvalue weighted by Crippen LogP contribution is 2.23. The van der Waals surface area contributed by atoms with Gasteiger partial charge in [0, 0.05) is 12.7 Å². The maximum Gasteiger partial charge on any atom is 0.0876 e. The first kappa shape index (κ1) is 10.2. The minimum Gasteiger partial charge on any atom is -0.326 e. The number of aromatic nitrogens is 2. The molecule has 0 fully saturated rings. The lowest BCUT2D eigenvalue weighted by Gasteiger charge is -2.09. The summed E-state index contributed by atoms with van der Waals surface area (Å²) in [6, 6.07) is 5.69. The summed E-state index contributed by atoms with van der Waals surface area (Å²) in [5.74, 6) is 0. The van der Waals surface area contributed by atoms with Gasteiger partial charge in [-0.15, -0.1) is 0 Å². The standard InChI is InChI=1S/C11H12ClN3/c1-8-6-14-15(7-8)11-9(5-13)3-2-4-10(11)12/h2-4,6-7H,5,13H2,1H3. The highest BCUT2D eigenvalue weighted by atomic mass is 35.5. The van der Waals surface area contributed by atoms with Crippen molar-refractivity contribution < 1.29 is 0 Å². The summed E-state index contributed by atoms with van der Waals surface area (Å²) >= 11 is 6.14. The molecule has 0 aliphatic heterocycles. The fourth-order valence-electron chi connectivity index (χ4n) is 1.52. The number of aryl methyl sites for hydroxylation is 1. The van der Waals surface area contributed by atoms with Crippen molar-refractivity contribution in [3.05, 3.63) is 46.7 Å². The van der Waals surface area contributed by atoms with Crippen LogP contribution in [0.5, 0.6) is 0 Å². The van der Waals surface area contributed by atoms with E-state index in [1.165, 1.54) is 0 Å². The van der Waals surface area contributed by atoms with Crippen LogP contribution in [-0.4, -0.2) is 9.78 Å². The Kier molecular flexibility index (Phi) is 2.75. The zero-order valence-corrected chi connectivity index (χ0v) is 9.20. The number of hydrogen-bond donors (Lipinski definition) is 1. The van der Waals surface area contributed by atoms with Gasteiger partial charge in [-0.1, -0.05) is 23.7 Å². The Morgan fingerprint density at radius 3 is 2.87 bits per heavy atom. The molecule has 0 spiro atoms. The van der Waals surface area contributed by atoms with Crippen LogP contribution in [0.4, 0.5) is 0 Å². The predicted molar refractivity (Wildman–Crippen MR) is 61.2 cm³/mol. The van der Waals surface area contributed by atoms with E-state index in [2.05, 4.69) is 5.10 Å². The molecule has 1 heterocycles. The van der Waals surface area contributed by atoms with Crippen molar-refractivity contribution >= 4 is 11.6 Å². The van der Waals surface area contributed by atoms with E-state index in [9.17, 15) is 0 Å². The van der Waals surface area contributed by atoms with Crippen LogP contribution < -0.4 is 5.73 Å². The Hall–Kier alpha value is -1.32. The molecule has 1 aromatic carbocycles. The predicted octanol–water partition coefficient (Wildman–Crippen LogP) is 2.29. The van der Waals surface area contributed by atoms with Gasteiger partial charge in [-0.25, -0.2) is 4.68 Å². The topological polar surface area (TPSA) is 43.8 Å². The molecule has 0 saturated carbocycles. The summed E-state index contributed by atoms with van der Waals surface area (Å²) in [6.45, 7) is 2.44. The highest BCUT2D eigenvalue weighted by molar-refractivity contribution is 6.32. The number of hydrogen-bond acceptors (Lipinski definition) is 2. The molecule has 15 heavy (non-hydrogen) atoms. The van der Waals surface area contributed by atoms with Crippen molar-refractivity contribution in [2.24, 2.45) is 5.73 Å². The first-order valence-corrected chi connectivity index (χ1v) is 5.09.